The molecule has 1 heterocycles. The number of amides is 2. The summed E-state index contributed by atoms with van der Waals surface area (Å²) in [7, 11) is 1.93. The predicted molar refractivity (Wildman–Crippen MR) is 153 cm³/mol. The van der Waals surface area contributed by atoms with Gasteiger partial charge in [-0.15, -0.1) is 0 Å². The van der Waals surface area contributed by atoms with Gasteiger partial charge >= 0.3 is 12.0 Å². The van der Waals surface area contributed by atoms with Crippen molar-refractivity contribution >= 4 is 12.0 Å². The van der Waals surface area contributed by atoms with Crippen molar-refractivity contribution in [3.05, 3.63) is 72.3 Å². The molecule has 2 amide bonds. The van der Waals surface area contributed by atoms with Crippen molar-refractivity contribution in [3.8, 4) is 0 Å². The van der Waals surface area contributed by atoms with Crippen molar-refractivity contribution in [1.29, 1.82) is 0 Å². The SMILES string of the molecule is CCCN(C(=O)NCc1ccccc1)C1CCN(CC2CCC(N(C)CC(=O)O)C2)CC1.c1ccccc1. The fourth-order valence-electron chi connectivity index (χ4n) is 5.69. The van der Waals surface area contributed by atoms with E-state index in [1.165, 1.54) is 6.42 Å². The molecule has 38 heavy (non-hydrogen) atoms. The molecule has 2 unspecified atom stereocenters. The molecular weight excluding hydrogens is 476 g/mol. The van der Waals surface area contributed by atoms with Crippen LogP contribution < -0.4 is 5.32 Å². The lowest BCUT2D eigenvalue weighted by atomic mass is 10.0. The summed E-state index contributed by atoms with van der Waals surface area (Å²) in [6.07, 6.45) is 6.37. The monoisotopic (exact) mass is 522 g/mol. The molecule has 208 valence electrons. The van der Waals surface area contributed by atoms with Gasteiger partial charge in [0.15, 0.2) is 0 Å². The highest BCUT2D eigenvalue weighted by Gasteiger charge is 2.32. The van der Waals surface area contributed by atoms with Gasteiger partial charge in [0.2, 0.25) is 0 Å². The van der Waals surface area contributed by atoms with Crippen LogP contribution in [0.15, 0.2) is 66.7 Å². The van der Waals surface area contributed by atoms with Crippen LogP contribution in [0, 0.1) is 5.92 Å². The van der Waals surface area contributed by atoms with Crippen LogP contribution in [-0.4, -0.2) is 83.7 Å². The lowest BCUT2D eigenvalue weighted by Gasteiger charge is -2.39. The molecule has 0 bridgehead atoms. The summed E-state index contributed by atoms with van der Waals surface area (Å²) in [6.45, 7) is 6.78. The van der Waals surface area contributed by atoms with Crippen molar-refractivity contribution < 1.29 is 14.7 Å². The molecule has 7 heteroatoms. The van der Waals surface area contributed by atoms with Crippen LogP contribution in [-0.2, 0) is 11.3 Å². The quantitative estimate of drug-likeness (QED) is 0.462. The number of carbonyl (C=O) groups is 2. The van der Waals surface area contributed by atoms with Crippen LogP contribution >= 0.6 is 0 Å². The molecule has 2 fully saturated rings. The maximum Gasteiger partial charge on any atom is 0.317 e. The van der Waals surface area contributed by atoms with Gasteiger partial charge in [-0.05, 0) is 57.1 Å². The second kappa shape index (κ2) is 16.1. The zero-order chi connectivity index (χ0) is 27.2. The molecule has 1 saturated heterocycles. The molecular formula is C31H46N4O3. The Bertz CT molecular complexity index is 908. The number of nitrogens with one attached hydrogen (secondary N) is 1. The van der Waals surface area contributed by atoms with Crippen LogP contribution in [0.1, 0.15) is 51.0 Å². The number of carbonyl (C=O) groups excluding carboxylic acids is 1. The number of likely N-dealkylation sites (N-methyl/N-ethyl adjacent to an activating group) is 1. The number of rotatable bonds is 10. The van der Waals surface area contributed by atoms with E-state index in [-0.39, 0.29) is 12.6 Å². The lowest BCUT2D eigenvalue weighted by Crippen LogP contribution is -2.51. The molecule has 7 nitrogen and oxygen atoms in total. The van der Waals surface area contributed by atoms with Crippen LogP contribution in [0.5, 0.6) is 0 Å². The zero-order valence-corrected chi connectivity index (χ0v) is 23.2. The van der Waals surface area contributed by atoms with Crippen LogP contribution in [0.25, 0.3) is 0 Å². The Morgan fingerprint density at radius 1 is 0.921 bits per heavy atom. The highest BCUT2D eigenvalue weighted by Crippen LogP contribution is 2.30. The maximum atomic E-state index is 12.9. The number of carboxylic acid groups (broad SMARTS) is 1. The number of hydrogen-bond donors (Lipinski definition) is 2. The van der Waals surface area contributed by atoms with E-state index in [0.717, 1.165) is 63.8 Å². The van der Waals surface area contributed by atoms with E-state index in [4.69, 9.17) is 5.11 Å². The summed E-state index contributed by atoms with van der Waals surface area (Å²) in [4.78, 5) is 30.5. The van der Waals surface area contributed by atoms with Gasteiger partial charge in [0.05, 0.1) is 6.54 Å². The maximum absolute atomic E-state index is 12.9. The highest BCUT2D eigenvalue weighted by atomic mass is 16.4. The molecule has 2 N–H and O–H groups in total. The second-order valence-electron chi connectivity index (χ2n) is 10.7. The Morgan fingerprint density at radius 2 is 1.53 bits per heavy atom. The third-order valence-electron chi connectivity index (χ3n) is 7.71. The molecule has 1 aliphatic carbocycles. The number of nitrogens with zero attached hydrogens (tertiary/aromatic N) is 3. The second-order valence-corrected chi connectivity index (χ2v) is 10.7. The first-order chi connectivity index (χ1) is 18.5. The minimum Gasteiger partial charge on any atom is -0.480 e. The predicted octanol–water partition coefficient (Wildman–Crippen LogP) is 4.94. The van der Waals surface area contributed by atoms with Crippen LogP contribution in [0.4, 0.5) is 4.79 Å². The summed E-state index contributed by atoms with van der Waals surface area (Å²) in [5, 5.41) is 12.1. The van der Waals surface area contributed by atoms with Gasteiger partial charge in [-0.3, -0.25) is 9.69 Å². The third kappa shape index (κ3) is 10.1. The average molecular weight is 523 g/mol. The van der Waals surface area contributed by atoms with Crippen molar-refractivity contribution in [3.63, 3.8) is 0 Å². The topological polar surface area (TPSA) is 76.1 Å². The van der Waals surface area contributed by atoms with Crippen molar-refractivity contribution in [2.45, 2.75) is 64.1 Å². The standard InChI is InChI=1S/C25H40N4O3.C6H6/c1-3-13-29(25(32)26-17-20-7-5-4-6-8-20)22-11-14-28(15-12-22)18-21-9-10-23(16-21)27(2)19-24(30)31;1-2-4-6-5-3-1/h4-8,21-23H,3,9-19H2,1-2H3,(H,26,32)(H,30,31);1-6H. The number of benzene rings is 2. The van der Waals surface area contributed by atoms with E-state index in [0.29, 0.717) is 24.5 Å². The normalized spacial score (nSPS) is 20.0. The molecule has 0 radical (unpaired) electrons. The number of likely N-dealkylation sites (tertiary alicyclic amines) is 1. The largest absolute Gasteiger partial charge is 0.480 e. The Labute approximate surface area is 228 Å². The fraction of sp³-hybridized carbons (Fsp3) is 0.548. The summed E-state index contributed by atoms with van der Waals surface area (Å²) in [6, 6.07) is 22.8. The fourth-order valence-corrected chi connectivity index (χ4v) is 5.69. The van der Waals surface area contributed by atoms with Crippen LogP contribution in [0.2, 0.25) is 0 Å². The smallest absolute Gasteiger partial charge is 0.317 e. The lowest BCUT2D eigenvalue weighted by molar-refractivity contribution is -0.138. The Kier molecular flexibility index (Phi) is 12.6. The Hall–Kier alpha value is -2.90. The van der Waals surface area contributed by atoms with E-state index in [1.54, 1.807) is 0 Å². The molecule has 1 aliphatic heterocycles. The number of piperidine rings is 1. The van der Waals surface area contributed by atoms with Gasteiger partial charge < -0.3 is 20.2 Å². The van der Waals surface area contributed by atoms with Crippen molar-refractivity contribution in [2.24, 2.45) is 5.92 Å². The Balaban J connectivity index is 0.000000585. The minimum absolute atomic E-state index is 0.0502. The van der Waals surface area contributed by atoms with Crippen molar-refractivity contribution in [1.82, 2.24) is 20.0 Å². The van der Waals surface area contributed by atoms with E-state index in [1.807, 2.05) is 83.6 Å². The van der Waals surface area contributed by atoms with E-state index >= 15 is 0 Å². The Morgan fingerprint density at radius 3 is 2.11 bits per heavy atom. The first kappa shape index (κ1) is 29.7. The number of carboxylic acids is 1. The van der Waals surface area contributed by atoms with E-state index in [9.17, 15) is 9.59 Å². The van der Waals surface area contributed by atoms with E-state index in [2.05, 4.69) is 17.1 Å². The summed E-state index contributed by atoms with van der Waals surface area (Å²) in [5.41, 5.74) is 1.12. The van der Waals surface area contributed by atoms with Gasteiger partial charge in [0, 0.05) is 44.8 Å². The molecule has 1 saturated carbocycles. The van der Waals surface area contributed by atoms with E-state index < -0.39 is 5.97 Å². The van der Waals surface area contributed by atoms with Gasteiger partial charge in [-0.25, -0.2) is 4.79 Å². The number of hydrogen-bond acceptors (Lipinski definition) is 4. The first-order valence-corrected chi connectivity index (χ1v) is 14.2. The number of aliphatic carboxylic acids is 1. The summed E-state index contributed by atoms with van der Waals surface area (Å²) < 4.78 is 0. The first-order valence-electron chi connectivity index (χ1n) is 14.2. The average Bonchev–Trinajstić information content (AvgIpc) is 3.41. The van der Waals surface area contributed by atoms with Gasteiger partial charge in [0.1, 0.15) is 0 Å². The van der Waals surface area contributed by atoms with Crippen molar-refractivity contribution in [2.75, 3.05) is 39.8 Å². The van der Waals surface area contributed by atoms with Gasteiger partial charge in [0.25, 0.3) is 0 Å². The molecule has 0 aromatic heterocycles. The molecule has 2 aliphatic rings. The highest BCUT2D eigenvalue weighted by molar-refractivity contribution is 5.74. The molecule has 2 aromatic rings. The molecule has 2 atom stereocenters. The minimum atomic E-state index is -0.748. The molecule has 0 spiro atoms. The van der Waals surface area contributed by atoms with Gasteiger partial charge in [-0.2, -0.15) is 0 Å². The van der Waals surface area contributed by atoms with Gasteiger partial charge in [-0.1, -0.05) is 73.7 Å². The van der Waals surface area contributed by atoms with Crippen LogP contribution in [0.3, 0.4) is 0 Å². The zero-order valence-electron chi connectivity index (χ0n) is 23.2. The summed E-state index contributed by atoms with van der Waals surface area (Å²) in [5.74, 6) is -0.101. The molecule has 4 rings (SSSR count). The third-order valence-corrected chi connectivity index (χ3v) is 7.71. The summed E-state index contributed by atoms with van der Waals surface area (Å²) >= 11 is 0. The number of urea groups is 1. The molecule has 2 aromatic carbocycles.